The molecule has 1 N–H and O–H groups in total. The Morgan fingerprint density at radius 2 is 2.08 bits per heavy atom. The van der Waals surface area contributed by atoms with Crippen LogP contribution in [0.3, 0.4) is 0 Å². The number of nitrogens with zero attached hydrogens (tertiary/aromatic N) is 2. The quantitative estimate of drug-likeness (QED) is 0.700. The van der Waals surface area contributed by atoms with Crippen LogP contribution in [0.15, 0.2) is 24.3 Å². The molecule has 0 aliphatic carbocycles. The zero-order chi connectivity index (χ0) is 18.2. The molecular formula is C20H29N3O2. The summed E-state index contributed by atoms with van der Waals surface area (Å²) in [5.41, 5.74) is 1.69. The number of ether oxygens (including phenoxy) is 1. The SMILES string of the molecule is COCCN[C@@H](c1ccc(C#N)cc1)[C@@H]1CCN(CCC(C)C)C1=O. The molecule has 1 saturated heterocycles. The monoisotopic (exact) mass is 343 g/mol. The molecular weight excluding hydrogens is 314 g/mol. The van der Waals surface area contributed by atoms with Gasteiger partial charge in [0.25, 0.3) is 0 Å². The molecule has 0 saturated carbocycles. The van der Waals surface area contributed by atoms with Gasteiger partial charge in [0.2, 0.25) is 5.91 Å². The van der Waals surface area contributed by atoms with Crippen molar-refractivity contribution in [3.8, 4) is 6.07 Å². The molecule has 5 nitrogen and oxygen atoms in total. The third-order valence-electron chi connectivity index (χ3n) is 4.79. The second-order valence-corrected chi connectivity index (χ2v) is 7.06. The highest BCUT2D eigenvalue weighted by Crippen LogP contribution is 2.31. The van der Waals surface area contributed by atoms with Crippen molar-refractivity contribution in [3.05, 3.63) is 35.4 Å². The van der Waals surface area contributed by atoms with Crippen molar-refractivity contribution in [2.75, 3.05) is 33.4 Å². The second kappa shape index (κ2) is 9.55. The number of nitriles is 1. The van der Waals surface area contributed by atoms with Gasteiger partial charge in [0.15, 0.2) is 0 Å². The lowest BCUT2D eigenvalue weighted by Crippen LogP contribution is -2.36. The maximum absolute atomic E-state index is 12.9. The van der Waals surface area contributed by atoms with Crippen molar-refractivity contribution in [2.24, 2.45) is 11.8 Å². The number of hydrogen-bond donors (Lipinski definition) is 1. The number of methoxy groups -OCH3 is 1. The Bertz CT molecular complexity index is 592. The van der Waals surface area contributed by atoms with E-state index >= 15 is 0 Å². The fourth-order valence-electron chi connectivity index (χ4n) is 3.28. The molecule has 136 valence electrons. The highest BCUT2D eigenvalue weighted by atomic mass is 16.5. The molecule has 1 aromatic rings. The molecule has 0 radical (unpaired) electrons. The van der Waals surface area contributed by atoms with Crippen LogP contribution in [0, 0.1) is 23.2 Å². The number of carbonyl (C=O) groups is 1. The average molecular weight is 343 g/mol. The Morgan fingerprint density at radius 3 is 2.68 bits per heavy atom. The van der Waals surface area contributed by atoms with Gasteiger partial charge in [-0.25, -0.2) is 0 Å². The number of hydrogen-bond acceptors (Lipinski definition) is 4. The molecule has 0 spiro atoms. The van der Waals surface area contributed by atoms with Gasteiger partial charge in [-0.05, 0) is 36.5 Å². The van der Waals surface area contributed by atoms with Crippen LogP contribution in [-0.4, -0.2) is 44.2 Å². The predicted octanol–water partition coefficient (Wildman–Crippen LogP) is 2.73. The summed E-state index contributed by atoms with van der Waals surface area (Å²) >= 11 is 0. The number of amides is 1. The summed E-state index contributed by atoms with van der Waals surface area (Å²) in [5, 5.41) is 12.5. The summed E-state index contributed by atoms with van der Waals surface area (Å²) in [6.45, 7) is 7.33. The number of rotatable bonds is 9. The number of nitrogens with one attached hydrogen (secondary N) is 1. The van der Waals surface area contributed by atoms with Gasteiger partial charge >= 0.3 is 0 Å². The summed E-state index contributed by atoms with van der Waals surface area (Å²) < 4.78 is 5.14. The van der Waals surface area contributed by atoms with E-state index in [2.05, 4.69) is 25.2 Å². The van der Waals surface area contributed by atoms with Gasteiger partial charge in [-0.15, -0.1) is 0 Å². The Balaban J connectivity index is 2.11. The second-order valence-electron chi connectivity index (χ2n) is 7.06. The molecule has 1 heterocycles. The van der Waals surface area contributed by atoms with Gasteiger partial charge < -0.3 is 15.0 Å². The zero-order valence-electron chi connectivity index (χ0n) is 15.5. The lowest BCUT2D eigenvalue weighted by Gasteiger charge is -2.25. The first kappa shape index (κ1) is 19.4. The minimum atomic E-state index is -0.0584. The fraction of sp³-hybridized carbons (Fsp3) is 0.600. The van der Waals surface area contributed by atoms with E-state index in [4.69, 9.17) is 10.00 Å². The van der Waals surface area contributed by atoms with E-state index in [1.54, 1.807) is 7.11 Å². The van der Waals surface area contributed by atoms with Crippen LogP contribution >= 0.6 is 0 Å². The van der Waals surface area contributed by atoms with Crippen LogP contribution < -0.4 is 5.32 Å². The standard InChI is InChI=1S/C20H29N3O2/c1-15(2)8-11-23-12-9-18(20(23)24)19(22-10-13-25-3)17-6-4-16(14-21)5-7-17/h4-7,15,18-19,22H,8-13H2,1-3H3/t18-,19-/m0/s1. The van der Waals surface area contributed by atoms with E-state index in [-0.39, 0.29) is 17.9 Å². The van der Waals surface area contributed by atoms with Crippen LogP contribution in [0.5, 0.6) is 0 Å². The molecule has 0 unspecified atom stereocenters. The normalized spacial score (nSPS) is 18.6. The highest BCUT2D eigenvalue weighted by molar-refractivity contribution is 5.81. The Morgan fingerprint density at radius 1 is 1.36 bits per heavy atom. The fourth-order valence-corrected chi connectivity index (χ4v) is 3.28. The van der Waals surface area contributed by atoms with Crippen molar-refractivity contribution in [2.45, 2.75) is 32.7 Å². The lowest BCUT2D eigenvalue weighted by atomic mass is 9.91. The van der Waals surface area contributed by atoms with E-state index in [0.717, 1.165) is 31.5 Å². The number of benzene rings is 1. The van der Waals surface area contributed by atoms with Crippen LogP contribution in [-0.2, 0) is 9.53 Å². The van der Waals surface area contributed by atoms with E-state index in [9.17, 15) is 4.79 Å². The Kier molecular flexibility index (Phi) is 7.42. The van der Waals surface area contributed by atoms with Crippen molar-refractivity contribution in [1.82, 2.24) is 10.2 Å². The first-order valence-corrected chi connectivity index (χ1v) is 9.08. The molecule has 2 atom stereocenters. The Labute approximate surface area is 151 Å². The molecule has 1 aliphatic heterocycles. The molecule has 5 heteroatoms. The minimum absolute atomic E-state index is 0.0422. The average Bonchev–Trinajstić information content (AvgIpc) is 2.98. The van der Waals surface area contributed by atoms with E-state index in [1.165, 1.54) is 0 Å². The maximum Gasteiger partial charge on any atom is 0.227 e. The summed E-state index contributed by atoms with van der Waals surface area (Å²) in [6.07, 6.45) is 1.90. The summed E-state index contributed by atoms with van der Waals surface area (Å²) in [4.78, 5) is 14.9. The van der Waals surface area contributed by atoms with Gasteiger partial charge in [-0.2, -0.15) is 5.26 Å². The van der Waals surface area contributed by atoms with E-state index in [1.807, 2.05) is 29.2 Å². The van der Waals surface area contributed by atoms with Crippen LogP contribution in [0.4, 0.5) is 0 Å². The molecule has 1 aromatic carbocycles. The van der Waals surface area contributed by atoms with Gasteiger partial charge in [0.05, 0.1) is 24.2 Å². The van der Waals surface area contributed by atoms with Gasteiger partial charge in [-0.3, -0.25) is 4.79 Å². The van der Waals surface area contributed by atoms with E-state index < -0.39 is 0 Å². The van der Waals surface area contributed by atoms with Crippen molar-refractivity contribution >= 4 is 5.91 Å². The molecule has 1 fully saturated rings. The Hall–Kier alpha value is -1.90. The largest absolute Gasteiger partial charge is 0.383 e. The summed E-state index contributed by atoms with van der Waals surface area (Å²) in [5.74, 6) is 0.776. The number of likely N-dealkylation sites (tertiary alicyclic amines) is 1. The predicted molar refractivity (Wildman–Crippen MR) is 97.9 cm³/mol. The first-order chi connectivity index (χ1) is 12.1. The van der Waals surface area contributed by atoms with Gasteiger partial charge in [0, 0.05) is 32.8 Å². The molecule has 0 aromatic heterocycles. The highest BCUT2D eigenvalue weighted by Gasteiger charge is 2.37. The smallest absolute Gasteiger partial charge is 0.227 e. The first-order valence-electron chi connectivity index (χ1n) is 9.08. The minimum Gasteiger partial charge on any atom is -0.383 e. The van der Waals surface area contributed by atoms with Gasteiger partial charge in [-0.1, -0.05) is 26.0 Å². The molecule has 25 heavy (non-hydrogen) atoms. The molecule has 1 aliphatic rings. The number of carbonyl (C=O) groups excluding carboxylic acids is 1. The molecule has 0 bridgehead atoms. The summed E-state index contributed by atoms with van der Waals surface area (Å²) in [7, 11) is 1.67. The zero-order valence-corrected chi connectivity index (χ0v) is 15.5. The molecule has 2 rings (SSSR count). The van der Waals surface area contributed by atoms with Crippen molar-refractivity contribution < 1.29 is 9.53 Å². The lowest BCUT2D eigenvalue weighted by molar-refractivity contribution is -0.132. The van der Waals surface area contributed by atoms with Gasteiger partial charge in [0.1, 0.15) is 0 Å². The van der Waals surface area contributed by atoms with Crippen LogP contribution in [0.25, 0.3) is 0 Å². The van der Waals surface area contributed by atoms with Crippen LogP contribution in [0.2, 0.25) is 0 Å². The third-order valence-corrected chi connectivity index (χ3v) is 4.79. The van der Waals surface area contributed by atoms with Crippen molar-refractivity contribution in [3.63, 3.8) is 0 Å². The van der Waals surface area contributed by atoms with Crippen molar-refractivity contribution in [1.29, 1.82) is 5.26 Å². The third kappa shape index (κ3) is 5.29. The van der Waals surface area contributed by atoms with E-state index in [0.29, 0.717) is 24.6 Å². The maximum atomic E-state index is 12.9. The topological polar surface area (TPSA) is 65.4 Å². The van der Waals surface area contributed by atoms with Crippen LogP contribution in [0.1, 0.15) is 43.9 Å². The molecule has 1 amide bonds. The summed E-state index contributed by atoms with van der Waals surface area (Å²) in [6, 6.07) is 9.63.